The van der Waals surface area contributed by atoms with Gasteiger partial charge in [0.2, 0.25) is 5.91 Å². The molecule has 1 saturated carbocycles. The predicted molar refractivity (Wildman–Crippen MR) is 56.4 cm³/mol. The van der Waals surface area contributed by atoms with E-state index in [9.17, 15) is 9.59 Å². The fraction of sp³-hybridized carbons (Fsp3) is 0.818. The first-order valence-corrected chi connectivity index (χ1v) is 5.63. The van der Waals surface area contributed by atoms with Gasteiger partial charge in [-0.25, -0.2) is 4.79 Å². The molecule has 1 aliphatic carbocycles. The minimum absolute atomic E-state index is 0.0504. The Morgan fingerprint density at radius 1 is 1.33 bits per heavy atom. The number of carbonyl (C=O) groups is 2. The number of carbonyl (C=O) groups excluding carboxylic acids is 1. The molecule has 4 nitrogen and oxygen atoms in total. The number of nitrogens with one attached hydrogen (secondary N) is 1. The fourth-order valence-electron chi connectivity index (χ4n) is 1.74. The van der Waals surface area contributed by atoms with Gasteiger partial charge in [0.1, 0.15) is 6.04 Å². The van der Waals surface area contributed by atoms with Gasteiger partial charge in [-0.05, 0) is 31.6 Å². The Morgan fingerprint density at radius 3 is 2.20 bits per heavy atom. The molecule has 1 unspecified atom stereocenters. The second kappa shape index (κ2) is 5.14. The van der Waals surface area contributed by atoms with Crippen LogP contribution in [-0.2, 0) is 9.59 Å². The van der Waals surface area contributed by atoms with Crippen molar-refractivity contribution >= 4 is 11.9 Å². The van der Waals surface area contributed by atoms with Gasteiger partial charge < -0.3 is 10.4 Å². The summed E-state index contributed by atoms with van der Waals surface area (Å²) in [7, 11) is 0. The molecular weight excluding hydrogens is 194 g/mol. The van der Waals surface area contributed by atoms with Crippen LogP contribution >= 0.6 is 0 Å². The van der Waals surface area contributed by atoms with Crippen molar-refractivity contribution in [2.75, 3.05) is 0 Å². The van der Waals surface area contributed by atoms with Crippen LogP contribution in [0.5, 0.6) is 0 Å². The first-order valence-electron chi connectivity index (χ1n) is 5.63. The van der Waals surface area contributed by atoms with Gasteiger partial charge in [0, 0.05) is 5.92 Å². The van der Waals surface area contributed by atoms with Gasteiger partial charge in [0.15, 0.2) is 0 Å². The molecule has 0 bridgehead atoms. The number of hydrogen-bond donors (Lipinski definition) is 2. The lowest BCUT2D eigenvalue weighted by molar-refractivity contribution is -0.143. The summed E-state index contributed by atoms with van der Waals surface area (Å²) in [4.78, 5) is 22.6. The third-order valence-electron chi connectivity index (χ3n) is 3.01. The number of carboxylic acids is 1. The predicted octanol–water partition coefficient (Wildman–Crippen LogP) is 1.40. The molecule has 0 aromatic carbocycles. The van der Waals surface area contributed by atoms with E-state index in [1.165, 1.54) is 0 Å². The van der Waals surface area contributed by atoms with Gasteiger partial charge in [-0.3, -0.25) is 4.79 Å². The van der Waals surface area contributed by atoms with Gasteiger partial charge in [-0.1, -0.05) is 13.8 Å². The Kier molecular flexibility index (Phi) is 4.12. The zero-order valence-electron chi connectivity index (χ0n) is 9.32. The van der Waals surface area contributed by atoms with Crippen molar-refractivity contribution in [2.24, 2.45) is 11.8 Å². The van der Waals surface area contributed by atoms with Gasteiger partial charge in [0.05, 0.1) is 0 Å². The van der Waals surface area contributed by atoms with Crippen molar-refractivity contribution in [3.05, 3.63) is 0 Å². The van der Waals surface area contributed by atoms with E-state index in [1.807, 2.05) is 13.8 Å². The number of hydrogen-bond acceptors (Lipinski definition) is 2. The van der Waals surface area contributed by atoms with Crippen LogP contribution < -0.4 is 5.32 Å². The van der Waals surface area contributed by atoms with Crippen molar-refractivity contribution in [1.82, 2.24) is 5.32 Å². The van der Waals surface area contributed by atoms with Crippen LogP contribution in [0.1, 0.15) is 39.5 Å². The maximum Gasteiger partial charge on any atom is 0.326 e. The van der Waals surface area contributed by atoms with Crippen LogP contribution in [0.25, 0.3) is 0 Å². The molecule has 86 valence electrons. The van der Waals surface area contributed by atoms with Crippen molar-refractivity contribution in [3.8, 4) is 0 Å². The van der Waals surface area contributed by atoms with Crippen molar-refractivity contribution in [1.29, 1.82) is 0 Å². The molecule has 1 atom stereocenters. The number of carboxylic acid groups (broad SMARTS) is 1. The minimum atomic E-state index is -0.906. The highest BCUT2D eigenvalue weighted by Crippen LogP contribution is 2.32. The van der Waals surface area contributed by atoms with E-state index >= 15 is 0 Å². The topological polar surface area (TPSA) is 66.4 Å². The van der Waals surface area contributed by atoms with Crippen molar-refractivity contribution in [2.45, 2.75) is 45.6 Å². The molecule has 1 rings (SSSR count). The average molecular weight is 213 g/mol. The Labute approximate surface area is 90.0 Å². The molecule has 0 aliphatic heterocycles. The van der Waals surface area contributed by atoms with Crippen LogP contribution in [0.15, 0.2) is 0 Å². The van der Waals surface area contributed by atoms with Gasteiger partial charge in [-0.15, -0.1) is 0 Å². The summed E-state index contributed by atoms with van der Waals surface area (Å²) < 4.78 is 0. The molecule has 0 radical (unpaired) electrons. The maximum absolute atomic E-state index is 11.7. The van der Waals surface area contributed by atoms with Crippen LogP contribution in [-0.4, -0.2) is 23.0 Å². The van der Waals surface area contributed by atoms with E-state index in [2.05, 4.69) is 5.32 Å². The SMILES string of the molecule is CCC(CC)C(=O)NC(C(=O)O)C1CC1. The lowest BCUT2D eigenvalue weighted by Crippen LogP contribution is -2.44. The van der Waals surface area contributed by atoms with E-state index < -0.39 is 12.0 Å². The molecular formula is C11H19NO3. The number of rotatable bonds is 6. The molecule has 2 N–H and O–H groups in total. The monoisotopic (exact) mass is 213 g/mol. The zero-order valence-corrected chi connectivity index (χ0v) is 9.32. The summed E-state index contributed by atoms with van der Waals surface area (Å²) in [6.07, 6.45) is 3.36. The average Bonchev–Trinajstić information content (AvgIpc) is 2.99. The smallest absolute Gasteiger partial charge is 0.326 e. The second-order valence-electron chi connectivity index (χ2n) is 4.18. The van der Waals surface area contributed by atoms with Crippen molar-refractivity contribution < 1.29 is 14.7 Å². The van der Waals surface area contributed by atoms with Crippen LogP contribution in [0, 0.1) is 11.8 Å². The first kappa shape index (κ1) is 12.0. The van der Waals surface area contributed by atoms with Crippen LogP contribution in [0.4, 0.5) is 0 Å². The van der Waals surface area contributed by atoms with Crippen LogP contribution in [0.2, 0.25) is 0 Å². The third kappa shape index (κ3) is 3.22. The molecule has 0 aromatic rings. The van der Waals surface area contributed by atoms with Gasteiger partial charge in [-0.2, -0.15) is 0 Å². The standard InChI is InChI=1S/C11H19NO3/c1-3-7(4-2)10(13)12-9(11(14)15)8-5-6-8/h7-9H,3-6H2,1-2H3,(H,12,13)(H,14,15). The van der Waals surface area contributed by atoms with Gasteiger partial charge in [0.25, 0.3) is 0 Å². The molecule has 1 amide bonds. The van der Waals surface area contributed by atoms with Crippen LogP contribution in [0.3, 0.4) is 0 Å². The van der Waals surface area contributed by atoms with E-state index in [1.54, 1.807) is 0 Å². The maximum atomic E-state index is 11.7. The molecule has 15 heavy (non-hydrogen) atoms. The second-order valence-corrected chi connectivity index (χ2v) is 4.18. The highest BCUT2D eigenvalue weighted by atomic mass is 16.4. The number of aliphatic carboxylic acids is 1. The largest absolute Gasteiger partial charge is 0.480 e. The molecule has 1 aliphatic rings. The zero-order chi connectivity index (χ0) is 11.4. The Morgan fingerprint density at radius 2 is 1.87 bits per heavy atom. The molecule has 0 heterocycles. The van der Waals surface area contributed by atoms with E-state index in [0.717, 1.165) is 25.7 Å². The fourth-order valence-corrected chi connectivity index (χ4v) is 1.74. The normalized spacial score (nSPS) is 17.5. The summed E-state index contributed by atoms with van der Waals surface area (Å²) in [5, 5.41) is 11.6. The lowest BCUT2D eigenvalue weighted by Gasteiger charge is -2.17. The van der Waals surface area contributed by atoms with Gasteiger partial charge >= 0.3 is 5.97 Å². The van der Waals surface area contributed by atoms with E-state index in [0.29, 0.717) is 0 Å². The quantitative estimate of drug-likeness (QED) is 0.701. The molecule has 0 saturated heterocycles. The highest BCUT2D eigenvalue weighted by molar-refractivity contribution is 5.85. The molecule has 4 heteroatoms. The van der Waals surface area contributed by atoms with E-state index in [-0.39, 0.29) is 17.7 Å². The summed E-state index contributed by atoms with van der Waals surface area (Å²) >= 11 is 0. The number of amides is 1. The first-order chi connectivity index (χ1) is 7.10. The molecule has 0 spiro atoms. The Bertz CT molecular complexity index is 244. The Balaban J connectivity index is 2.50. The molecule has 0 aromatic heterocycles. The van der Waals surface area contributed by atoms with E-state index in [4.69, 9.17) is 5.11 Å². The van der Waals surface area contributed by atoms with Crippen molar-refractivity contribution in [3.63, 3.8) is 0 Å². The Hall–Kier alpha value is -1.06. The summed E-state index contributed by atoms with van der Waals surface area (Å²) in [6, 6.07) is -0.668. The molecule has 1 fully saturated rings. The summed E-state index contributed by atoms with van der Waals surface area (Å²) in [6.45, 7) is 3.89. The summed E-state index contributed by atoms with van der Waals surface area (Å²) in [5.74, 6) is -0.914. The summed E-state index contributed by atoms with van der Waals surface area (Å²) in [5.41, 5.74) is 0. The third-order valence-corrected chi connectivity index (χ3v) is 3.01. The minimum Gasteiger partial charge on any atom is -0.480 e. The highest BCUT2D eigenvalue weighted by Gasteiger charge is 2.37. The lowest BCUT2D eigenvalue weighted by atomic mass is 10.0.